The first kappa shape index (κ1) is 17.5. The van der Waals surface area contributed by atoms with Crippen molar-refractivity contribution in [2.24, 2.45) is 0 Å². The molecule has 5 heteroatoms. The van der Waals surface area contributed by atoms with Gasteiger partial charge in [-0.25, -0.2) is 0 Å². The van der Waals surface area contributed by atoms with Crippen molar-refractivity contribution in [1.82, 2.24) is 5.06 Å². The number of benzene rings is 2. The molecule has 0 bridgehead atoms. The van der Waals surface area contributed by atoms with Gasteiger partial charge in [0.2, 0.25) is 0 Å². The minimum Gasteiger partial charge on any atom is -0.508 e. The maximum atomic E-state index is 11.8. The fraction of sp³-hybridized carbons (Fsp3) is 0.143. The number of nitrogens with zero attached hydrogens (tertiary/aromatic N) is 2. The third kappa shape index (κ3) is 3.51. The molecular formula is C21H18N2O3. The molecule has 1 atom stereocenters. The third-order valence-corrected chi connectivity index (χ3v) is 4.15. The number of hydrogen-bond donors (Lipinski definition) is 1. The third-order valence-electron chi connectivity index (χ3n) is 4.15. The number of rotatable bonds is 5. The molecule has 0 fully saturated rings. The molecule has 0 amide bonds. The predicted molar refractivity (Wildman–Crippen MR) is 97.5 cm³/mol. The van der Waals surface area contributed by atoms with Crippen molar-refractivity contribution in [2.45, 2.75) is 19.5 Å². The summed E-state index contributed by atoms with van der Waals surface area (Å²) >= 11 is 0. The van der Waals surface area contributed by atoms with Crippen LogP contribution >= 0.6 is 0 Å². The average Bonchev–Trinajstić information content (AvgIpc) is 3.01. The molecule has 1 aliphatic heterocycles. The Balaban J connectivity index is 1.93. The van der Waals surface area contributed by atoms with Gasteiger partial charge in [0.1, 0.15) is 5.75 Å². The van der Waals surface area contributed by atoms with Crippen LogP contribution in [0.25, 0.3) is 5.76 Å². The summed E-state index contributed by atoms with van der Waals surface area (Å²) in [5.41, 5.74) is 2.77. The van der Waals surface area contributed by atoms with Crippen LogP contribution in [-0.4, -0.2) is 22.5 Å². The highest BCUT2D eigenvalue weighted by Gasteiger charge is 2.34. The molecule has 26 heavy (non-hydrogen) atoms. The SMILES string of the molecule is C/C=C/C1C(C=O)=C(c2ccc(C#N)cc2)ON1Cc1ccc(O)cc1. The molecule has 0 saturated heterocycles. The van der Waals surface area contributed by atoms with Crippen LogP contribution in [0.4, 0.5) is 0 Å². The molecule has 0 spiro atoms. The maximum absolute atomic E-state index is 11.8. The summed E-state index contributed by atoms with van der Waals surface area (Å²) in [5, 5.41) is 20.1. The first-order chi connectivity index (χ1) is 12.7. The molecule has 2 aromatic rings. The molecule has 1 aliphatic rings. The van der Waals surface area contributed by atoms with Gasteiger partial charge in [0.05, 0.1) is 29.8 Å². The lowest BCUT2D eigenvalue weighted by Crippen LogP contribution is -2.29. The highest BCUT2D eigenvalue weighted by Crippen LogP contribution is 2.34. The van der Waals surface area contributed by atoms with Gasteiger partial charge in [-0.1, -0.05) is 24.3 Å². The minimum absolute atomic E-state index is 0.200. The molecule has 0 radical (unpaired) electrons. The number of phenolic OH excluding ortho intramolecular Hbond substituents is 1. The smallest absolute Gasteiger partial charge is 0.163 e. The van der Waals surface area contributed by atoms with Gasteiger partial charge in [0, 0.05) is 5.56 Å². The van der Waals surface area contributed by atoms with Crippen molar-refractivity contribution in [1.29, 1.82) is 5.26 Å². The average molecular weight is 346 g/mol. The second-order valence-electron chi connectivity index (χ2n) is 5.90. The van der Waals surface area contributed by atoms with Crippen molar-refractivity contribution in [3.63, 3.8) is 0 Å². The lowest BCUT2D eigenvalue weighted by molar-refractivity contribution is -0.107. The highest BCUT2D eigenvalue weighted by atomic mass is 16.7. The number of nitriles is 1. The van der Waals surface area contributed by atoms with Crippen molar-refractivity contribution < 1.29 is 14.7 Å². The molecular weight excluding hydrogens is 328 g/mol. The number of hydrogen-bond acceptors (Lipinski definition) is 5. The number of carbonyl (C=O) groups is 1. The number of allylic oxidation sites excluding steroid dienone is 1. The van der Waals surface area contributed by atoms with Gasteiger partial charge in [-0.15, -0.1) is 5.06 Å². The molecule has 1 unspecified atom stereocenters. The Labute approximate surface area is 152 Å². The number of phenols is 1. The van der Waals surface area contributed by atoms with Gasteiger partial charge < -0.3 is 9.94 Å². The van der Waals surface area contributed by atoms with Crippen molar-refractivity contribution in [3.05, 3.63) is 82.9 Å². The second kappa shape index (κ2) is 7.68. The van der Waals surface area contributed by atoms with Gasteiger partial charge in [-0.2, -0.15) is 5.26 Å². The van der Waals surface area contributed by atoms with E-state index >= 15 is 0 Å². The van der Waals surface area contributed by atoms with E-state index in [4.69, 9.17) is 10.1 Å². The highest BCUT2D eigenvalue weighted by molar-refractivity contribution is 5.89. The Morgan fingerprint density at radius 1 is 1.19 bits per heavy atom. The van der Waals surface area contributed by atoms with Crippen LogP contribution in [0.3, 0.4) is 0 Å². The molecule has 1 N–H and O–H groups in total. The lowest BCUT2D eigenvalue weighted by Gasteiger charge is -2.21. The predicted octanol–water partition coefficient (Wildman–Crippen LogP) is 3.57. The number of aromatic hydroxyl groups is 1. The van der Waals surface area contributed by atoms with Crippen LogP contribution < -0.4 is 0 Å². The Hall–Kier alpha value is -3.36. The van der Waals surface area contributed by atoms with Crippen LogP contribution in [0, 0.1) is 11.3 Å². The molecule has 3 rings (SSSR count). The quantitative estimate of drug-likeness (QED) is 0.662. The van der Waals surface area contributed by atoms with Crippen molar-refractivity contribution in [2.75, 3.05) is 0 Å². The Morgan fingerprint density at radius 3 is 2.46 bits per heavy atom. The van der Waals surface area contributed by atoms with Crippen LogP contribution in [-0.2, 0) is 16.2 Å². The standard InChI is InChI=1S/C21H18N2O3/c1-2-3-20-19(14-24)21(17-8-4-15(12-22)5-9-17)26-23(20)13-16-6-10-18(25)11-7-16/h2-11,14,20,25H,13H2,1H3/b3-2+. The zero-order valence-corrected chi connectivity index (χ0v) is 14.3. The first-order valence-electron chi connectivity index (χ1n) is 8.21. The maximum Gasteiger partial charge on any atom is 0.163 e. The van der Waals surface area contributed by atoms with Crippen molar-refractivity contribution in [3.8, 4) is 11.8 Å². The summed E-state index contributed by atoms with van der Waals surface area (Å²) in [6.07, 6.45) is 4.60. The zero-order chi connectivity index (χ0) is 18.5. The molecule has 2 aromatic carbocycles. The molecule has 130 valence electrons. The van der Waals surface area contributed by atoms with E-state index in [0.717, 1.165) is 17.4 Å². The molecule has 0 aromatic heterocycles. The summed E-state index contributed by atoms with van der Waals surface area (Å²) in [4.78, 5) is 17.8. The zero-order valence-electron chi connectivity index (χ0n) is 14.3. The van der Waals surface area contributed by atoms with E-state index in [0.29, 0.717) is 23.4 Å². The monoisotopic (exact) mass is 346 g/mol. The minimum atomic E-state index is -0.308. The molecule has 0 aliphatic carbocycles. The van der Waals surface area contributed by atoms with Crippen molar-refractivity contribution >= 4 is 12.0 Å². The van der Waals surface area contributed by atoms with Crippen LogP contribution in [0.2, 0.25) is 0 Å². The van der Waals surface area contributed by atoms with E-state index in [1.54, 1.807) is 41.5 Å². The van der Waals surface area contributed by atoms with Crippen LogP contribution in [0.15, 0.2) is 66.3 Å². The second-order valence-corrected chi connectivity index (χ2v) is 5.90. The summed E-state index contributed by atoms with van der Waals surface area (Å²) < 4.78 is 0. The summed E-state index contributed by atoms with van der Waals surface area (Å²) in [6, 6.07) is 15.6. The summed E-state index contributed by atoms with van der Waals surface area (Å²) in [7, 11) is 0. The largest absolute Gasteiger partial charge is 0.508 e. The first-order valence-corrected chi connectivity index (χ1v) is 8.21. The normalized spacial score (nSPS) is 17.3. The van der Waals surface area contributed by atoms with Gasteiger partial charge in [0.25, 0.3) is 0 Å². The number of aldehydes is 1. The number of carbonyl (C=O) groups excluding carboxylic acids is 1. The molecule has 0 saturated carbocycles. The number of hydroxylamine groups is 2. The summed E-state index contributed by atoms with van der Waals surface area (Å²) in [6.45, 7) is 2.34. The topological polar surface area (TPSA) is 73.6 Å². The van der Waals surface area contributed by atoms with E-state index in [9.17, 15) is 9.90 Å². The van der Waals surface area contributed by atoms with E-state index in [1.165, 1.54) is 0 Å². The van der Waals surface area contributed by atoms with Gasteiger partial charge >= 0.3 is 0 Å². The van der Waals surface area contributed by atoms with E-state index in [-0.39, 0.29) is 11.8 Å². The van der Waals surface area contributed by atoms with E-state index < -0.39 is 0 Å². The van der Waals surface area contributed by atoms with Gasteiger partial charge in [-0.05, 0) is 48.9 Å². The van der Waals surface area contributed by atoms with E-state index in [1.807, 2.05) is 31.2 Å². The molecule has 5 nitrogen and oxygen atoms in total. The lowest BCUT2D eigenvalue weighted by atomic mass is 10.0. The van der Waals surface area contributed by atoms with Gasteiger partial charge in [0.15, 0.2) is 12.0 Å². The van der Waals surface area contributed by atoms with E-state index in [2.05, 4.69) is 6.07 Å². The van der Waals surface area contributed by atoms with Crippen LogP contribution in [0.5, 0.6) is 5.75 Å². The van der Waals surface area contributed by atoms with Crippen LogP contribution in [0.1, 0.15) is 23.6 Å². The molecule has 1 heterocycles. The fourth-order valence-corrected chi connectivity index (χ4v) is 2.85. The summed E-state index contributed by atoms with van der Waals surface area (Å²) in [5.74, 6) is 0.692. The Kier molecular flexibility index (Phi) is 5.16. The fourth-order valence-electron chi connectivity index (χ4n) is 2.85. The Bertz CT molecular complexity index is 890. The Morgan fingerprint density at radius 2 is 1.88 bits per heavy atom. The van der Waals surface area contributed by atoms with Gasteiger partial charge in [-0.3, -0.25) is 4.79 Å².